The third-order valence-corrected chi connectivity index (χ3v) is 5.21. The molecule has 9 heteroatoms. The molecule has 3 rings (SSSR count). The van der Waals surface area contributed by atoms with Gasteiger partial charge in [-0.2, -0.15) is 0 Å². The molecule has 0 aliphatic carbocycles. The molecule has 0 amide bonds. The number of rotatable bonds is 7. The molecule has 0 fully saturated rings. The van der Waals surface area contributed by atoms with Gasteiger partial charge in [-0.05, 0) is 26.0 Å². The van der Waals surface area contributed by atoms with Gasteiger partial charge in [-0.3, -0.25) is 4.79 Å². The van der Waals surface area contributed by atoms with Gasteiger partial charge in [0.2, 0.25) is 5.58 Å². The normalized spacial score (nSPS) is 14.4. The Morgan fingerprint density at radius 2 is 1.76 bits per heavy atom. The summed E-state index contributed by atoms with van der Waals surface area (Å²) in [6.07, 6.45) is 0.181. The van der Waals surface area contributed by atoms with Gasteiger partial charge in [0.05, 0.1) is 7.11 Å². The first-order valence-corrected chi connectivity index (χ1v) is 10.5. The van der Waals surface area contributed by atoms with Gasteiger partial charge >= 0.3 is 11.7 Å². The minimum atomic E-state index is -1.24. The number of aromatic nitrogens is 2. The van der Waals surface area contributed by atoms with Crippen molar-refractivity contribution in [1.29, 1.82) is 0 Å². The SMILES string of the molecule is COc1ccnc2c(=O)n([C@@H](C)C(=O)O[C@@H](C)[C@H](Oc3ccccc3)C(C)(C)C)c(=O)oc12. The minimum Gasteiger partial charge on any atom is -0.493 e. The molecule has 1 aromatic carbocycles. The molecule has 33 heavy (non-hydrogen) atoms. The lowest BCUT2D eigenvalue weighted by Crippen LogP contribution is -2.45. The zero-order chi connectivity index (χ0) is 24.3. The smallest absolute Gasteiger partial charge is 0.423 e. The third kappa shape index (κ3) is 5.08. The molecule has 0 spiro atoms. The van der Waals surface area contributed by atoms with Crippen molar-refractivity contribution in [1.82, 2.24) is 9.55 Å². The Hall–Kier alpha value is -3.62. The summed E-state index contributed by atoms with van der Waals surface area (Å²) in [5.41, 5.74) is -1.35. The van der Waals surface area contributed by atoms with E-state index in [1.807, 2.05) is 51.1 Å². The van der Waals surface area contributed by atoms with Gasteiger partial charge in [-0.15, -0.1) is 0 Å². The average molecular weight is 456 g/mol. The van der Waals surface area contributed by atoms with E-state index in [1.54, 1.807) is 6.92 Å². The van der Waals surface area contributed by atoms with Crippen molar-refractivity contribution in [3.05, 3.63) is 63.5 Å². The highest BCUT2D eigenvalue weighted by Crippen LogP contribution is 2.29. The number of benzene rings is 1. The van der Waals surface area contributed by atoms with E-state index in [0.29, 0.717) is 10.3 Å². The summed E-state index contributed by atoms with van der Waals surface area (Å²) in [7, 11) is 1.38. The van der Waals surface area contributed by atoms with E-state index in [-0.39, 0.29) is 22.3 Å². The fourth-order valence-corrected chi connectivity index (χ4v) is 3.58. The molecule has 0 N–H and O–H groups in total. The molecule has 0 unspecified atom stereocenters. The molecule has 9 nitrogen and oxygen atoms in total. The van der Waals surface area contributed by atoms with E-state index in [9.17, 15) is 14.4 Å². The number of hydrogen-bond donors (Lipinski definition) is 0. The number of carbonyl (C=O) groups excluding carboxylic acids is 1. The van der Waals surface area contributed by atoms with Crippen LogP contribution in [0, 0.1) is 5.41 Å². The van der Waals surface area contributed by atoms with Crippen LogP contribution in [0.25, 0.3) is 11.1 Å². The minimum absolute atomic E-state index is 0.0794. The zero-order valence-electron chi connectivity index (χ0n) is 19.5. The molecule has 0 saturated heterocycles. The highest BCUT2D eigenvalue weighted by Gasteiger charge is 2.36. The summed E-state index contributed by atoms with van der Waals surface area (Å²) in [5, 5.41) is 0. The molecule has 3 atom stereocenters. The number of para-hydroxylation sites is 1. The fraction of sp³-hybridized carbons (Fsp3) is 0.417. The molecule has 2 heterocycles. The molecule has 0 aliphatic heterocycles. The predicted molar refractivity (Wildman–Crippen MR) is 122 cm³/mol. The Balaban J connectivity index is 1.88. The quantitative estimate of drug-likeness (QED) is 0.498. The topological polar surface area (TPSA) is 110 Å². The van der Waals surface area contributed by atoms with E-state index in [4.69, 9.17) is 18.6 Å². The Labute approximate surface area is 190 Å². The van der Waals surface area contributed by atoms with Crippen LogP contribution >= 0.6 is 0 Å². The van der Waals surface area contributed by atoms with Gasteiger partial charge in [-0.25, -0.2) is 19.1 Å². The zero-order valence-corrected chi connectivity index (χ0v) is 19.5. The van der Waals surface area contributed by atoms with Gasteiger partial charge in [0.15, 0.2) is 11.3 Å². The highest BCUT2D eigenvalue weighted by atomic mass is 16.6. The second-order valence-corrected chi connectivity index (χ2v) is 8.77. The van der Waals surface area contributed by atoms with Crippen LogP contribution in [0.1, 0.15) is 40.7 Å². The Morgan fingerprint density at radius 1 is 1.09 bits per heavy atom. The summed E-state index contributed by atoms with van der Waals surface area (Å²) in [4.78, 5) is 42.4. The maximum Gasteiger partial charge on any atom is 0.423 e. The standard InChI is InChI=1S/C24H28N2O7/c1-14(26-21(27)18-19(33-23(26)29)17(30-6)12-13-25-18)22(28)31-15(2)20(24(3,4)5)32-16-10-8-7-9-11-16/h7-15,20H,1-6H3/t14-,15-,20-/m0/s1. The molecule has 0 bridgehead atoms. The van der Waals surface area contributed by atoms with Gasteiger partial charge in [-0.1, -0.05) is 39.0 Å². The number of nitrogens with zero attached hydrogens (tertiary/aromatic N) is 2. The van der Waals surface area contributed by atoms with Gasteiger partial charge in [0, 0.05) is 17.7 Å². The summed E-state index contributed by atoms with van der Waals surface area (Å²) in [5.74, 6) is -0.954. The van der Waals surface area contributed by atoms with Crippen molar-refractivity contribution in [2.75, 3.05) is 7.11 Å². The first-order chi connectivity index (χ1) is 15.5. The lowest BCUT2D eigenvalue weighted by Gasteiger charge is -2.35. The second-order valence-electron chi connectivity index (χ2n) is 8.77. The third-order valence-electron chi connectivity index (χ3n) is 5.21. The summed E-state index contributed by atoms with van der Waals surface area (Å²) < 4.78 is 22.8. The summed E-state index contributed by atoms with van der Waals surface area (Å²) in [6.45, 7) is 9.01. The van der Waals surface area contributed by atoms with E-state index in [0.717, 1.165) is 0 Å². The number of carbonyl (C=O) groups is 1. The summed E-state index contributed by atoms with van der Waals surface area (Å²) >= 11 is 0. The van der Waals surface area contributed by atoms with Crippen LogP contribution in [0.3, 0.4) is 0 Å². The van der Waals surface area contributed by atoms with Crippen molar-refractivity contribution < 1.29 is 23.4 Å². The van der Waals surface area contributed by atoms with Crippen molar-refractivity contribution >= 4 is 17.1 Å². The maximum atomic E-state index is 12.9. The predicted octanol–water partition coefficient (Wildman–Crippen LogP) is 3.34. The number of pyridine rings is 1. The van der Waals surface area contributed by atoms with Gasteiger partial charge in [0.25, 0.3) is 5.56 Å². The van der Waals surface area contributed by atoms with Gasteiger partial charge < -0.3 is 18.6 Å². The number of fused-ring (bicyclic) bond motifs is 1. The van der Waals surface area contributed by atoms with E-state index in [2.05, 4.69) is 4.98 Å². The van der Waals surface area contributed by atoms with Crippen LogP contribution in [0.4, 0.5) is 0 Å². The second kappa shape index (κ2) is 9.48. The Morgan fingerprint density at radius 3 is 2.36 bits per heavy atom. The molecule has 0 saturated carbocycles. The van der Waals surface area contributed by atoms with Crippen molar-refractivity contribution in [2.24, 2.45) is 5.41 Å². The van der Waals surface area contributed by atoms with E-state index < -0.39 is 35.5 Å². The van der Waals surface area contributed by atoms with Crippen molar-refractivity contribution in [3.63, 3.8) is 0 Å². The Kier molecular flexibility index (Phi) is 6.90. The van der Waals surface area contributed by atoms with Crippen LogP contribution in [0.15, 0.2) is 56.6 Å². The van der Waals surface area contributed by atoms with Crippen molar-refractivity contribution in [2.45, 2.75) is 52.9 Å². The average Bonchev–Trinajstić information content (AvgIpc) is 2.76. The fourth-order valence-electron chi connectivity index (χ4n) is 3.58. The van der Waals surface area contributed by atoms with Crippen molar-refractivity contribution in [3.8, 4) is 11.5 Å². The first kappa shape index (κ1) is 24.0. The number of hydrogen-bond acceptors (Lipinski definition) is 8. The van der Waals surface area contributed by atoms with E-state index in [1.165, 1.54) is 26.3 Å². The molecule has 0 radical (unpaired) electrons. The van der Waals surface area contributed by atoms with Gasteiger partial charge in [0.1, 0.15) is 24.0 Å². The molecule has 2 aromatic heterocycles. The molecule has 0 aliphatic rings. The van der Waals surface area contributed by atoms with Crippen LogP contribution in [0.5, 0.6) is 11.5 Å². The van der Waals surface area contributed by atoms with E-state index >= 15 is 0 Å². The largest absolute Gasteiger partial charge is 0.493 e. The number of ether oxygens (including phenoxy) is 3. The monoisotopic (exact) mass is 456 g/mol. The lowest BCUT2D eigenvalue weighted by molar-refractivity contribution is -0.160. The molecule has 176 valence electrons. The molecule has 3 aromatic rings. The maximum absolute atomic E-state index is 12.9. The first-order valence-electron chi connectivity index (χ1n) is 10.5. The molecular weight excluding hydrogens is 428 g/mol. The number of esters is 1. The highest BCUT2D eigenvalue weighted by molar-refractivity contribution is 5.78. The van der Waals surface area contributed by atoms with Crippen LogP contribution in [-0.2, 0) is 9.53 Å². The van der Waals surface area contributed by atoms with Crippen LogP contribution in [-0.4, -0.2) is 34.8 Å². The lowest BCUT2D eigenvalue weighted by atomic mass is 9.86. The molecular formula is C24H28N2O7. The number of methoxy groups -OCH3 is 1. The Bertz CT molecular complexity index is 1240. The van der Waals surface area contributed by atoms with Crippen LogP contribution in [0.2, 0.25) is 0 Å². The van der Waals surface area contributed by atoms with Crippen LogP contribution < -0.4 is 20.8 Å². The summed E-state index contributed by atoms with van der Waals surface area (Å²) in [6, 6.07) is 9.43.